The molecular weight excluding hydrogens is 718 g/mol. The molecule has 1 unspecified atom stereocenters. The van der Waals surface area contributed by atoms with E-state index in [1.165, 1.54) is 193 Å². The third-order valence-electron chi connectivity index (χ3n) is 10.7. The van der Waals surface area contributed by atoms with Gasteiger partial charge in [0.05, 0.1) is 40.3 Å². The average molecular weight is 814 g/mol. The molecule has 0 N–H and O–H groups in total. The topological polar surface area (TPSA) is 77.1 Å². The fourth-order valence-corrected chi connectivity index (χ4v) is 7.65. The van der Waals surface area contributed by atoms with Gasteiger partial charge in [-0.3, -0.25) is 4.57 Å². The molecule has 0 radical (unpaired) electrons. The van der Waals surface area contributed by atoms with Crippen LogP contribution >= 0.6 is 7.82 Å². The first-order valence-electron chi connectivity index (χ1n) is 24.2. The van der Waals surface area contributed by atoms with Crippen LogP contribution in [0.1, 0.15) is 232 Å². The molecule has 334 valence electrons. The summed E-state index contributed by atoms with van der Waals surface area (Å²) in [7, 11) is 1.53. The molecule has 0 aromatic rings. The number of ether oxygens (including phenoxy) is 2. The smallest absolute Gasteiger partial charge is 0.268 e. The summed E-state index contributed by atoms with van der Waals surface area (Å²) >= 11 is 0. The van der Waals surface area contributed by atoms with Gasteiger partial charge in [-0.15, -0.1) is 0 Å². The Morgan fingerprint density at radius 1 is 0.482 bits per heavy atom. The van der Waals surface area contributed by atoms with Crippen molar-refractivity contribution in [2.75, 3.05) is 47.5 Å². The lowest BCUT2D eigenvalue weighted by atomic mass is 10.0. The Morgan fingerprint density at radius 3 is 1.18 bits per heavy atom. The van der Waals surface area contributed by atoms with E-state index in [4.69, 9.17) is 18.5 Å². The van der Waals surface area contributed by atoms with Crippen molar-refractivity contribution in [3.8, 4) is 0 Å². The monoisotopic (exact) mass is 814 g/mol. The van der Waals surface area contributed by atoms with Crippen LogP contribution in [0.5, 0.6) is 0 Å². The maximum atomic E-state index is 12.4. The number of phosphoric acid groups is 1. The van der Waals surface area contributed by atoms with Crippen LogP contribution in [0, 0.1) is 0 Å². The van der Waals surface area contributed by atoms with E-state index in [0.29, 0.717) is 11.0 Å². The van der Waals surface area contributed by atoms with Crippen molar-refractivity contribution in [2.24, 2.45) is 0 Å². The number of quaternary nitrogens is 1. The molecule has 0 saturated carbocycles. The van der Waals surface area contributed by atoms with Gasteiger partial charge in [0, 0.05) is 0 Å². The zero-order chi connectivity index (χ0) is 41.1. The third-order valence-corrected chi connectivity index (χ3v) is 11.7. The number of hydrogen-bond acceptors (Lipinski definition) is 6. The highest BCUT2D eigenvalue weighted by atomic mass is 31.2. The Labute approximate surface area is 349 Å². The van der Waals surface area contributed by atoms with Crippen LogP contribution in [0.2, 0.25) is 0 Å². The fourth-order valence-electron chi connectivity index (χ4n) is 6.92. The number of likely N-dealkylation sites (N-methyl/N-ethyl adjacent to an activating group) is 1. The van der Waals surface area contributed by atoms with Crippen LogP contribution < -0.4 is 4.89 Å². The molecule has 0 aliphatic carbocycles. The maximum Gasteiger partial charge on any atom is 0.268 e. The molecule has 56 heavy (non-hydrogen) atoms. The lowest BCUT2D eigenvalue weighted by Crippen LogP contribution is -2.37. The predicted molar refractivity (Wildman–Crippen MR) is 240 cm³/mol. The van der Waals surface area contributed by atoms with E-state index in [9.17, 15) is 9.46 Å². The van der Waals surface area contributed by atoms with Crippen LogP contribution in [-0.2, 0) is 23.1 Å². The Hall–Kier alpha value is -0.850. The van der Waals surface area contributed by atoms with Crippen LogP contribution in [0.25, 0.3) is 0 Å². The zero-order valence-corrected chi connectivity index (χ0v) is 39.0. The van der Waals surface area contributed by atoms with Gasteiger partial charge < -0.3 is 27.9 Å². The molecule has 0 spiro atoms. The molecule has 0 bridgehead atoms. The van der Waals surface area contributed by atoms with Gasteiger partial charge in [0.25, 0.3) is 7.82 Å². The second kappa shape index (κ2) is 42.3. The quantitative estimate of drug-likeness (QED) is 0.0264. The Balaban J connectivity index is 4.13. The van der Waals surface area contributed by atoms with Gasteiger partial charge in [-0.2, -0.15) is 0 Å². The van der Waals surface area contributed by atoms with Crippen LogP contribution in [0.15, 0.2) is 24.7 Å². The Kier molecular flexibility index (Phi) is 41.6. The van der Waals surface area contributed by atoms with Gasteiger partial charge in [0.15, 0.2) is 6.10 Å². The van der Waals surface area contributed by atoms with Gasteiger partial charge in [0.2, 0.25) is 0 Å². The van der Waals surface area contributed by atoms with Gasteiger partial charge in [0.1, 0.15) is 19.8 Å². The Bertz CT molecular complexity index is 891. The van der Waals surface area contributed by atoms with E-state index in [1.54, 1.807) is 12.5 Å². The van der Waals surface area contributed by atoms with E-state index in [0.717, 1.165) is 25.7 Å². The second-order valence-corrected chi connectivity index (χ2v) is 19.0. The minimum atomic E-state index is -4.43. The molecule has 2 atom stereocenters. The molecular formula is C48H96NO6P. The third kappa shape index (κ3) is 45.8. The molecule has 0 aromatic heterocycles. The second-order valence-electron chi connectivity index (χ2n) is 17.6. The number of hydrogen-bond donors (Lipinski definition) is 0. The number of rotatable bonds is 46. The van der Waals surface area contributed by atoms with Crippen molar-refractivity contribution < 1.29 is 32.5 Å². The van der Waals surface area contributed by atoms with Gasteiger partial charge >= 0.3 is 0 Å². The highest BCUT2D eigenvalue weighted by molar-refractivity contribution is 7.45. The van der Waals surface area contributed by atoms with E-state index < -0.39 is 13.9 Å². The first kappa shape index (κ1) is 55.2. The number of allylic oxidation sites excluding steroid dienone is 2. The zero-order valence-electron chi connectivity index (χ0n) is 38.1. The predicted octanol–water partition coefficient (Wildman–Crippen LogP) is 14.9. The van der Waals surface area contributed by atoms with E-state index in [-0.39, 0.29) is 19.8 Å². The lowest BCUT2D eigenvalue weighted by molar-refractivity contribution is -0.870. The molecule has 0 heterocycles. The summed E-state index contributed by atoms with van der Waals surface area (Å²) < 4.78 is 34.9. The molecule has 0 aliphatic heterocycles. The van der Waals surface area contributed by atoms with Crippen molar-refractivity contribution in [2.45, 2.75) is 238 Å². The van der Waals surface area contributed by atoms with Gasteiger partial charge in [-0.25, -0.2) is 0 Å². The number of nitrogens with zero attached hydrogens (tertiary/aromatic N) is 1. The van der Waals surface area contributed by atoms with Crippen molar-refractivity contribution in [3.05, 3.63) is 24.7 Å². The lowest BCUT2D eigenvalue weighted by Gasteiger charge is -2.28. The maximum absolute atomic E-state index is 12.4. The SMILES string of the molecule is CCCCCCCCCCCCCCCCCCC=COC[C@H](COP(=O)([O-])OCC[N+](C)(C)C)OC=CCCCCCCCCCCCCCCCCCC. The fraction of sp³-hybridized carbons (Fsp3) is 0.917. The van der Waals surface area contributed by atoms with Gasteiger partial charge in [-0.05, 0) is 37.8 Å². The largest absolute Gasteiger partial charge is 0.756 e. The summed E-state index contributed by atoms with van der Waals surface area (Å²) in [4.78, 5) is 12.4. The van der Waals surface area contributed by atoms with Crippen LogP contribution in [0.3, 0.4) is 0 Å². The summed E-state index contributed by atoms with van der Waals surface area (Å²) in [5.74, 6) is 0. The molecule has 0 amide bonds. The van der Waals surface area contributed by atoms with E-state index in [1.807, 2.05) is 27.2 Å². The molecule has 0 saturated heterocycles. The molecule has 0 aromatic carbocycles. The minimum absolute atomic E-state index is 0.0770. The molecule has 0 fully saturated rings. The molecule has 0 aliphatic rings. The standard InChI is InChI=1S/C48H96NO6P/c1-6-8-10-12-14-16-18-20-22-24-26-28-30-32-34-36-38-40-43-52-46-48(47-55-56(50,51)54-45-42-49(3,4)5)53-44-41-39-37-35-33-31-29-27-25-23-21-19-17-15-13-11-9-7-2/h40-41,43-44,48H,6-39,42,45-47H2,1-5H3/t48-/m1/s1. The van der Waals surface area contributed by atoms with E-state index in [2.05, 4.69) is 19.9 Å². The summed E-state index contributed by atoms with van der Waals surface area (Å²) in [5.41, 5.74) is 0. The average Bonchev–Trinajstić information content (AvgIpc) is 3.16. The van der Waals surface area contributed by atoms with Crippen LogP contribution in [0.4, 0.5) is 0 Å². The van der Waals surface area contributed by atoms with Crippen molar-refractivity contribution in [1.29, 1.82) is 0 Å². The molecule has 8 heteroatoms. The first-order valence-corrected chi connectivity index (χ1v) is 25.6. The van der Waals surface area contributed by atoms with Crippen molar-refractivity contribution >= 4 is 7.82 Å². The van der Waals surface area contributed by atoms with Gasteiger partial charge in [-0.1, -0.05) is 206 Å². The highest BCUT2D eigenvalue weighted by Gasteiger charge is 2.17. The summed E-state index contributed by atoms with van der Waals surface area (Å²) in [6.07, 6.45) is 52.6. The summed E-state index contributed by atoms with van der Waals surface area (Å²) in [6, 6.07) is 0. The van der Waals surface area contributed by atoms with Crippen LogP contribution in [-0.4, -0.2) is 58.1 Å². The minimum Gasteiger partial charge on any atom is -0.756 e. The Morgan fingerprint density at radius 2 is 0.821 bits per heavy atom. The van der Waals surface area contributed by atoms with E-state index >= 15 is 0 Å². The molecule has 7 nitrogen and oxygen atoms in total. The summed E-state index contributed by atoms with van der Waals surface area (Å²) in [5, 5.41) is 0. The first-order chi connectivity index (χ1) is 27.2. The normalized spacial score (nSPS) is 13.9. The van der Waals surface area contributed by atoms with Crippen molar-refractivity contribution in [3.63, 3.8) is 0 Å². The molecule has 0 rings (SSSR count). The number of phosphoric ester groups is 1. The highest BCUT2D eigenvalue weighted by Crippen LogP contribution is 2.38. The summed E-state index contributed by atoms with van der Waals surface area (Å²) in [6.45, 7) is 5.26. The van der Waals surface area contributed by atoms with Crippen molar-refractivity contribution in [1.82, 2.24) is 0 Å². The number of unbranched alkanes of at least 4 members (excludes halogenated alkanes) is 32.